The normalized spacial score (nSPS) is 12.7. The fraction of sp³-hybridized carbons (Fsp3) is 0.188. The number of rotatable bonds is 7. The van der Waals surface area contributed by atoms with Gasteiger partial charge in [0.2, 0.25) is 0 Å². The number of phenols is 2. The summed E-state index contributed by atoms with van der Waals surface area (Å²) in [5.41, 5.74) is 7.12. The fourth-order valence-electron chi connectivity index (χ4n) is 4.50. The van der Waals surface area contributed by atoms with Crippen molar-refractivity contribution in [1.82, 2.24) is 0 Å². The van der Waals surface area contributed by atoms with Gasteiger partial charge in [0, 0.05) is 23.6 Å². The van der Waals surface area contributed by atoms with E-state index < -0.39 is 17.0 Å². The summed E-state index contributed by atoms with van der Waals surface area (Å²) in [6.07, 6.45) is 3.49. The molecule has 0 spiro atoms. The second kappa shape index (κ2) is 15.0. The number of aryl methyl sites for hydroxylation is 4. The Kier molecular flexibility index (Phi) is 11.8. The maximum absolute atomic E-state index is 10.6. The van der Waals surface area contributed by atoms with Gasteiger partial charge in [0.25, 0.3) is 0 Å². The molecule has 0 heterocycles. The summed E-state index contributed by atoms with van der Waals surface area (Å²) in [5.74, 6) is 0.465. The van der Waals surface area contributed by atoms with Gasteiger partial charge < -0.3 is 10.2 Å². The number of halogens is 2. The molecule has 7 heteroatoms. The third-order valence-electron chi connectivity index (χ3n) is 6.28. The van der Waals surface area contributed by atoms with Crippen molar-refractivity contribution >= 4 is 31.0 Å². The summed E-state index contributed by atoms with van der Waals surface area (Å²) < 4.78 is 0. The van der Waals surface area contributed by atoms with Gasteiger partial charge in [-0.1, -0.05) is 72.8 Å². The predicted octanol–water partition coefficient (Wildman–Crippen LogP) is 8.73. The van der Waals surface area contributed by atoms with Crippen molar-refractivity contribution in [3.8, 4) is 11.5 Å². The first-order chi connectivity index (χ1) is 18.7. The van der Waals surface area contributed by atoms with Crippen LogP contribution in [0.2, 0.25) is 0 Å². The molecule has 2 N–H and O–H groups in total. The summed E-state index contributed by atoms with van der Waals surface area (Å²) in [6, 6.07) is 27.2. The summed E-state index contributed by atoms with van der Waals surface area (Å²) in [6.45, 7) is 7.79. The first-order valence-electron chi connectivity index (χ1n) is 12.5. The molecule has 2 atom stereocenters. The van der Waals surface area contributed by atoms with E-state index >= 15 is 0 Å². The van der Waals surface area contributed by atoms with E-state index in [1.807, 2.05) is 113 Å². The molecule has 39 heavy (non-hydrogen) atoms. The zero-order valence-electron chi connectivity index (χ0n) is 22.4. The zero-order chi connectivity index (χ0) is 28.4. The molecule has 0 saturated heterocycles. The molecule has 0 aliphatic heterocycles. The number of nitrogens with zero attached hydrogens (tertiary/aromatic N) is 2. The molecule has 0 radical (unpaired) electrons. The minimum atomic E-state index is -0.556. The van der Waals surface area contributed by atoms with Gasteiger partial charge in [-0.25, -0.2) is 0 Å². The van der Waals surface area contributed by atoms with Gasteiger partial charge in [-0.3, -0.25) is 9.98 Å². The summed E-state index contributed by atoms with van der Waals surface area (Å²) in [4.78, 5) is 9.99. The first kappa shape index (κ1) is 30.7. The third-order valence-corrected chi connectivity index (χ3v) is 6.28. The van der Waals surface area contributed by atoms with Gasteiger partial charge in [-0.15, -0.1) is 0 Å². The molecule has 4 aromatic rings. The van der Waals surface area contributed by atoms with Crippen LogP contribution in [-0.4, -0.2) is 22.6 Å². The average molecular weight is 595 g/mol. The third kappa shape index (κ3) is 8.55. The van der Waals surface area contributed by atoms with Crippen LogP contribution in [0.15, 0.2) is 94.9 Å². The van der Waals surface area contributed by atoms with Crippen LogP contribution in [0.4, 0.5) is 0 Å². The average Bonchev–Trinajstić information content (AvgIpc) is 2.92. The van der Waals surface area contributed by atoms with Gasteiger partial charge in [0.05, 0.1) is 0 Å². The Bertz CT molecular complexity index is 1320. The molecule has 0 bridgehead atoms. The van der Waals surface area contributed by atoms with E-state index in [4.69, 9.17) is 28.6 Å². The topological polar surface area (TPSA) is 65.2 Å². The van der Waals surface area contributed by atoms with Crippen molar-refractivity contribution in [2.45, 2.75) is 39.8 Å². The van der Waals surface area contributed by atoms with E-state index in [2.05, 4.69) is 0 Å². The van der Waals surface area contributed by atoms with Crippen molar-refractivity contribution in [2.24, 2.45) is 9.98 Å². The van der Waals surface area contributed by atoms with Crippen LogP contribution in [0.5, 0.6) is 11.5 Å². The molecule has 0 fully saturated rings. The summed E-state index contributed by atoms with van der Waals surface area (Å²) >= 11 is -0.556. The molecule has 0 aromatic heterocycles. The van der Waals surface area contributed by atoms with Crippen molar-refractivity contribution in [3.05, 3.63) is 129 Å². The molecule has 0 amide bonds. The predicted molar refractivity (Wildman–Crippen MR) is 160 cm³/mol. The van der Waals surface area contributed by atoms with E-state index in [9.17, 15) is 10.2 Å². The Morgan fingerprint density at radius 1 is 0.615 bits per heavy atom. The Morgan fingerprint density at radius 2 is 0.949 bits per heavy atom. The van der Waals surface area contributed by atoms with Crippen molar-refractivity contribution in [3.63, 3.8) is 0 Å². The van der Waals surface area contributed by atoms with E-state index in [0.29, 0.717) is 11.1 Å². The van der Waals surface area contributed by atoms with Crippen molar-refractivity contribution in [1.29, 1.82) is 0 Å². The molecule has 4 aromatic carbocycles. The Hall–Kier alpha value is -2.89. The number of hydrogen-bond donors (Lipinski definition) is 2. The second-order valence-corrected chi connectivity index (χ2v) is 12.0. The summed E-state index contributed by atoms with van der Waals surface area (Å²) in [7, 11) is 9.78. The monoisotopic (exact) mass is 594 g/mol. The number of benzene rings is 4. The Balaban J connectivity index is 0.00000134. The van der Waals surface area contributed by atoms with Crippen LogP contribution in [0.1, 0.15) is 56.6 Å². The van der Waals surface area contributed by atoms with Gasteiger partial charge in [-0.2, -0.15) is 0 Å². The molecule has 0 aliphatic carbocycles. The van der Waals surface area contributed by atoms with Crippen LogP contribution in [0.25, 0.3) is 0 Å². The fourth-order valence-corrected chi connectivity index (χ4v) is 4.50. The van der Waals surface area contributed by atoms with E-state index in [-0.39, 0.29) is 23.6 Å². The number of aromatic hydroxyl groups is 2. The maximum atomic E-state index is 10.6. The molecule has 0 saturated carbocycles. The summed E-state index contributed by atoms with van der Waals surface area (Å²) in [5, 5.41) is 21.3. The molecule has 0 aliphatic rings. The van der Waals surface area contributed by atoms with Crippen molar-refractivity contribution < 1.29 is 27.2 Å². The molecular weight excluding hydrogens is 563 g/mol. The molecule has 4 rings (SSSR count). The zero-order valence-corrected chi connectivity index (χ0v) is 25.5. The molecular formula is C32H32Cl2N2O2Ti. The van der Waals surface area contributed by atoms with Crippen LogP contribution in [0, 0.1) is 27.7 Å². The van der Waals surface area contributed by atoms with Gasteiger partial charge in [0.15, 0.2) is 0 Å². The molecule has 200 valence electrons. The Labute approximate surface area is 247 Å². The van der Waals surface area contributed by atoms with Crippen LogP contribution >= 0.6 is 18.6 Å². The number of phenolic OH excluding ortho intramolecular Hbond substituents is 2. The van der Waals surface area contributed by atoms with E-state index in [0.717, 1.165) is 33.4 Å². The van der Waals surface area contributed by atoms with Crippen LogP contribution in [-0.2, 0) is 17.0 Å². The van der Waals surface area contributed by atoms with E-state index in [1.165, 1.54) is 0 Å². The Morgan fingerprint density at radius 3 is 1.28 bits per heavy atom. The standard InChI is InChI=1S/C32H32N2O2.2ClH.Ti/c1-21-15-23(3)31(35)27(17-21)19-33-29(25-11-7-5-8-12-25)30(26-13-9-6-10-14-26)34-20-28-18-22(2)16-24(4)32(28)36;;;/h5-20,29-30,35-36H,1-4H3;2*1H;/q;;;+2/p-2/t29-,30-;;;/m1.../s1. The molecule has 0 unspecified atom stereocenters. The van der Waals surface area contributed by atoms with E-state index in [1.54, 1.807) is 12.4 Å². The van der Waals surface area contributed by atoms with Gasteiger partial charge >= 0.3 is 35.6 Å². The second-order valence-electron chi connectivity index (χ2n) is 9.38. The first-order valence-corrected chi connectivity index (χ1v) is 16.8. The SMILES string of the molecule is Cc1cc(C)c(O)c(C=N[C@H](c2ccccc2)[C@H](N=Cc2cc(C)cc(C)c2O)c2ccccc2)c1.[Cl][Ti][Cl]. The van der Waals surface area contributed by atoms with Crippen molar-refractivity contribution in [2.75, 3.05) is 0 Å². The van der Waals surface area contributed by atoms with Crippen LogP contribution < -0.4 is 0 Å². The van der Waals surface area contributed by atoms with Gasteiger partial charge in [0.1, 0.15) is 23.6 Å². The number of hydrogen-bond acceptors (Lipinski definition) is 4. The minimum absolute atomic E-state index is 0.232. The van der Waals surface area contributed by atoms with Crippen LogP contribution in [0.3, 0.4) is 0 Å². The van der Waals surface area contributed by atoms with Gasteiger partial charge in [-0.05, 0) is 73.2 Å². The quantitative estimate of drug-likeness (QED) is 0.166. The molecule has 4 nitrogen and oxygen atoms in total. The number of aliphatic imine (C=N–C) groups is 2.